The zero-order valence-electron chi connectivity index (χ0n) is 8.67. The maximum atomic E-state index is 4.16. The second-order valence-corrected chi connectivity index (χ2v) is 3.83. The molecule has 13 heavy (non-hydrogen) atoms. The first-order valence-electron chi connectivity index (χ1n) is 4.80. The Bertz CT molecular complexity index is 256. The summed E-state index contributed by atoms with van der Waals surface area (Å²) in [5.41, 5.74) is 2.40. The zero-order chi connectivity index (χ0) is 9.68. The largest absolute Gasteiger partial charge is 0.312 e. The fourth-order valence-electron chi connectivity index (χ4n) is 1.22. The molecule has 1 aromatic rings. The Labute approximate surface area is 80.4 Å². The van der Waals surface area contributed by atoms with Crippen LogP contribution in [0, 0.1) is 12.8 Å². The van der Waals surface area contributed by atoms with Crippen LogP contribution in [0.25, 0.3) is 0 Å². The van der Waals surface area contributed by atoms with Gasteiger partial charge < -0.3 is 5.32 Å². The number of nitrogens with zero attached hydrogens (tertiary/aromatic N) is 1. The van der Waals surface area contributed by atoms with Crippen molar-refractivity contribution in [3.63, 3.8) is 0 Å². The molecule has 0 radical (unpaired) electrons. The summed E-state index contributed by atoms with van der Waals surface area (Å²) in [7, 11) is 0. The van der Waals surface area contributed by atoms with Crippen LogP contribution in [0.3, 0.4) is 0 Å². The van der Waals surface area contributed by atoms with Gasteiger partial charge in [0.2, 0.25) is 0 Å². The third kappa shape index (κ3) is 4.04. The molecule has 1 aromatic heterocycles. The van der Waals surface area contributed by atoms with Crippen molar-refractivity contribution in [2.45, 2.75) is 27.3 Å². The van der Waals surface area contributed by atoms with Crippen LogP contribution in [0.15, 0.2) is 18.3 Å². The molecule has 2 nitrogen and oxygen atoms in total. The molecule has 0 saturated heterocycles. The van der Waals surface area contributed by atoms with E-state index in [0.717, 1.165) is 18.8 Å². The highest BCUT2D eigenvalue weighted by Gasteiger charge is 1.95. The average molecular weight is 178 g/mol. The molecule has 0 aliphatic carbocycles. The second-order valence-electron chi connectivity index (χ2n) is 3.83. The Balaban J connectivity index is 2.37. The lowest BCUT2D eigenvalue weighted by Crippen LogP contribution is -2.18. The highest BCUT2D eigenvalue weighted by atomic mass is 14.9. The molecule has 0 aromatic carbocycles. The summed E-state index contributed by atoms with van der Waals surface area (Å²) in [5.74, 6) is 0.711. The normalized spacial score (nSPS) is 10.8. The highest BCUT2D eigenvalue weighted by molar-refractivity contribution is 5.14. The van der Waals surface area contributed by atoms with E-state index in [0.29, 0.717) is 5.92 Å². The highest BCUT2D eigenvalue weighted by Crippen LogP contribution is 2.00. The number of aryl methyl sites for hydroxylation is 1. The van der Waals surface area contributed by atoms with Crippen molar-refractivity contribution in [3.8, 4) is 0 Å². The molecule has 1 rings (SSSR count). The number of pyridine rings is 1. The van der Waals surface area contributed by atoms with Crippen LogP contribution >= 0.6 is 0 Å². The van der Waals surface area contributed by atoms with Gasteiger partial charge in [0.25, 0.3) is 0 Å². The topological polar surface area (TPSA) is 24.9 Å². The van der Waals surface area contributed by atoms with E-state index in [1.807, 2.05) is 13.1 Å². The van der Waals surface area contributed by atoms with Gasteiger partial charge in [0.15, 0.2) is 0 Å². The summed E-state index contributed by atoms with van der Waals surface area (Å²) in [6, 6.07) is 4.17. The number of rotatable bonds is 4. The summed E-state index contributed by atoms with van der Waals surface area (Å²) in [5, 5.41) is 3.40. The van der Waals surface area contributed by atoms with Gasteiger partial charge in [-0.1, -0.05) is 13.8 Å². The molecular formula is C11H18N2. The third-order valence-electron chi connectivity index (χ3n) is 1.84. The lowest BCUT2D eigenvalue weighted by Gasteiger charge is -2.07. The van der Waals surface area contributed by atoms with Gasteiger partial charge in [-0.05, 0) is 37.1 Å². The average Bonchev–Trinajstić information content (AvgIpc) is 2.03. The molecule has 0 spiro atoms. The quantitative estimate of drug-likeness (QED) is 0.764. The molecule has 2 heteroatoms. The Morgan fingerprint density at radius 1 is 1.46 bits per heavy atom. The summed E-state index contributed by atoms with van der Waals surface area (Å²) in [6.45, 7) is 8.46. The fourth-order valence-corrected chi connectivity index (χ4v) is 1.22. The Morgan fingerprint density at radius 2 is 2.23 bits per heavy atom. The number of hydrogen-bond donors (Lipinski definition) is 1. The summed E-state index contributed by atoms with van der Waals surface area (Å²) in [4.78, 5) is 4.16. The molecule has 0 fully saturated rings. The maximum Gasteiger partial charge on any atom is 0.0375 e. The van der Waals surface area contributed by atoms with Gasteiger partial charge in [0, 0.05) is 18.4 Å². The number of hydrogen-bond acceptors (Lipinski definition) is 2. The Hall–Kier alpha value is -0.890. The predicted molar refractivity (Wildman–Crippen MR) is 55.5 cm³/mol. The van der Waals surface area contributed by atoms with Gasteiger partial charge in [0.1, 0.15) is 0 Å². The lowest BCUT2D eigenvalue weighted by molar-refractivity contribution is 0.552. The van der Waals surface area contributed by atoms with Crippen LogP contribution in [-0.4, -0.2) is 11.5 Å². The molecule has 0 atom stereocenters. The van der Waals surface area contributed by atoms with Crippen molar-refractivity contribution in [3.05, 3.63) is 29.6 Å². The van der Waals surface area contributed by atoms with Gasteiger partial charge in [-0.2, -0.15) is 0 Å². The first-order valence-corrected chi connectivity index (χ1v) is 4.80. The summed E-state index contributed by atoms with van der Waals surface area (Å²) in [6.07, 6.45) is 1.86. The van der Waals surface area contributed by atoms with E-state index in [2.05, 4.69) is 36.3 Å². The van der Waals surface area contributed by atoms with Gasteiger partial charge in [-0.25, -0.2) is 0 Å². The van der Waals surface area contributed by atoms with E-state index >= 15 is 0 Å². The van der Waals surface area contributed by atoms with Gasteiger partial charge in [-0.15, -0.1) is 0 Å². The van der Waals surface area contributed by atoms with E-state index in [-0.39, 0.29) is 0 Å². The molecule has 0 saturated carbocycles. The zero-order valence-corrected chi connectivity index (χ0v) is 8.67. The molecule has 1 N–H and O–H groups in total. The Morgan fingerprint density at radius 3 is 2.85 bits per heavy atom. The van der Waals surface area contributed by atoms with Crippen molar-refractivity contribution in [2.75, 3.05) is 6.54 Å². The maximum absolute atomic E-state index is 4.16. The van der Waals surface area contributed by atoms with E-state index in [1.165, 1.54) is 5.56 Å². The SMILES string of the molecule is Cc1cc(CNCC(C)C)ccn1. The molecule has 0 aliphatic rings. The van der Waals surface area contributed by atoms with Crippen LogP contribution < -0.4 is 5.32 Å². The minimum absolute atomic E-state index is 0.711. The molecule has 0 bridgehead atoms. The number of aromatic nitrogens is 1. The van der Waals surface area contributed by atoms with Crippen LogP contribution in [0.1, 0.15) is 25.1 Å². The van der Waals surface area contributed by atoms with E-state index in [1.54, 1.807) is 0 Å². The Kier molecular flexibility index (Phi) is 3.90. The molecule has 1 heterocycles. The van der Waals surface area contributed by atoms with Gasteiger partial charge in [0.05, 0.1) is 0 Å². The summed E-state index contributed by atoms with van der Waals surface area (Å²) >= 11 is 0. The standard InChI is InChI=1S/C11H18N2/c1-9(2)7-12-8-11-4-5-13-10(3)6-11/h4-6,9,12H,7-8H2,1-3H3. The van der Waals surface area contributed by atoms with Gasteiger partial charge in [-0.3, -0.25) is 4.98 Å². The van der Waals surface area contributed by atoms with Crippen LogP contribution in [-0.2, 0) is 6.54 Å². The molecule has 0 unspecified atom stereocenters. The van der Waals surface area contributed by atoms with Gasteiger partial charge >= 0.3 is 0 Å². The van der Waals surface area contributed by atoms with Crippen molar-refractivity contribution >= 4 is 0 Å². The molecule has 0 amide bonds. The van der Waals surface area contributed by atoms with E-state index < -0.39 is 0 Å². The van der Waals surface area contributed by atoms with Crippen LogP contribution in [0.5, 0.6) is 0 Å². The first-order chi connectivity index (χ1) is 6.18. The minimum atomic E-state index is 0.711. The molecule has 0 aliphatic heterocycles. The predicted octanol–water partition coefficient (Wildman–Crippen LogP) is 2.14. The van der Waals surface area contributed by atoms with Crippen molar-refractivity contribution in [2.24, 2.45) is 5.92 Å². The van der Waals surface area contributed by atoms with Crippen molar-refractivity contribution in [1.82, 2.24) is 10.3 Å². The molecular weight excluding hydrogens is 160 g/mol. The minimum Gasteiger partial charge on any atom is -0.312 e. The number of nitrogens with one attached hydrogen (secondary N) is 1. The van der Waals surface area contributed by atoms with Crippen molar-refractivity contribution in [1.29, 1.82) is 0 Å². The monoisotopic (exact) mass is 178 g/mol. The van der Waals surface area contributed by atoms with E-state index in [4.69, 9.17) is 0 Å². The van der Waals surface area contributed by atoms with Crippen LogP contribution in [0.2, 0.25) is 0 Å². The fraction of sp³-hybridized carbons (Fsp3) is 0.545. The summed E-state index contributed by atoms with van der Waals surface area (Å²) < 4.78 is 0. The van der Waals surface area contributed by atoms with Crippen LogP contribution in [0.4, 0.5) is 0 Å². The molecule has 72 valence electrons. The van der Waals surface area contributed by atoms with E-state index in [9.17, 15) is 0 Å². The lowest BCUT2D eigenvalue weighted by atomic mass is 10.2. The van der Waals surface area contributed by atoms with Crippen molar-refractivity contribution < 1.29 is 0 Å². The second kappa shape index (κ2) is 4.97. The first kappa shape index (κ1) is 10.2. The third-order valence-corrected chi connectivity index (χ3v) is 1.84. The smallest absolute Gasteiger partial charge is 0.0375 e.